The second-order valence-electron chi connectivity index (χ2n) is 7.37. The molecule has 0 bridgehead atoms. The fraction of sp³-hybridized carbons (Fsp3) is 0.391. The van der Waals surface area contributed by atoms with E-state index in [4.69, 9.17) is 23.2 Å². The third-order valence-electron chi connectivity index (χ3n) is 4.93. The van der Waals surface area contributed by atoms with Gasteiger partial charge in [-0.05, 0) is 55.7 Å². The molecule has 2 amide bonds. The van der Waals surface area contributed by atoms with Gasteiger partial charge in [0, 0.05) is 28.4 Å². The van der Waals surface area contributed by atoms with Gasteiger partial charge in [0.15, 0.2) is 0 Å². The Morgan fingerprint density at radius 2 is 1.81 bits per heavy atom. The maximum absolute atomic E-state index is 13.1. The first-order valence-corrected chi connectivity index (χ1v) is 12.0. The summed E-state index contributed by atoms with van der Waals surface area (Å²) in [5, 5.41) is 3.88. The minimum absolute atomic E-state index is 0.0128. The van der Waals surface area contributed by atoms with E-state index in [2.05, 4.69) is 5.32 Å². The van der Waals surface area contributed by atoms with Crippen molar-refractivity contribution in [1.29, 1.82) is 0 Å². The normalized spacial score (nSPS) is 12.8. The van der Waals surface area contributed by atoms with Gasteiger partial charge in [0.2, 0.25) is 11.8 Å². The summed E-state index contributed by atoms with van der Waals surface area (Å²) in [5.74, 6) is 0.0664. The van der Waals surface area contributed by atoms with E-state index in [1.165, 1.54) is 28.8 Å². The van der Waals surface area contributed by atoms with E-state index in [0.29, 0.717) is 21.4 Å². The van der Waals surface area contributed by atoms with E-state index in [0.717, 1.165) is 12.0 Å². The second-order valence-corrected chi connectivity index (χ2v) is 9.20. The van der Waals surface area contributed by atoms with Crippen molar-refractivity contribution in [3.8, 4) is 0 Å². The highest BCUT2D eigenvalue weighted by Gasteiger charge is 2.27. The summed E-state index contributed by atoms with van der Waals surface area (Å²) in [6, 6.07) is 10.6. The summed E-state index contributed by atoms with van der Waals surface area (Å²) >= 11 is 13.7. The van der Waals surface area contributed by atoms with Crippen molar-refractivity contribution in [2.24, 2.45) is 0 Å². The van der Waals surface area contributed by atoms with Crippen LogP contribution < -0.4 is 5.32 Å². The molecular formula is C23H27Cl2FN2O2S. The molecule has 0 aliphatic carbocycles. The van der Waals surface area contributed by atoms with Crippen molar-refractivity contribution in [2.45, 2.75) is 51.6 Å². The second kappa shape index (κ2) is 12.3. The molecule has 31 heavy (non-hydrogen) atoms. The Morgan fingerprint density at radius 3 is 2.42 bits per heavy atom. The lowest BCUT2D eigenvalue weighted by Gasteiger charge is -2.30. The lowest BCUT2D eigenvalue weighted by molar-refractivity contribution is -0.138. The number of carbonyl (C=O) groups excluding carboxylic acids is 2. The van der Waals surface area contributed by atoms with Crippen LogP contribution in [0.5, 0.6) is 0 Å². The molecule has 1 N–H and O–H groups in total. The number of halogens is 3. The molecule has 0 aliphatic heterocycles. The number of hydrogen-bond acceptors (Lipinski definition) is 3. The maximum atomic E-state index is 13.1. The van der Waals surface area contributed by atoms with Crippen LogP contribution in [0.4, 0.5) is 4.39 Å². The van der Waals surface area contributed by atoms with Gasteiger partial charge in [-0.3, -0.25) is 9.59 Å². The lowest BCUT2D eigenvalue weighted by Crippen LogP contribution is -2.50. The Kier molecular flexibility index (Phi) is 10.1. The molecule has 0 aliphatic rings. The van der Waals surface area contributed by atoms with Gasteiger partial charge in [-0.25, -0.2) is 4.39 Å². The van der Waals surface area contributed by atoms with Crippen molar-refractivity contribution in [3.63, 3.8) is 0 Å². The molecule has 0 fully saturated rings. The average Bonchev–Trinajstić information content (AvgIpc) is 2.73. The third-order valence-corrected chi connectivity index (χ3v) is 6.51. The number of thioether (sulfide) groups is 1. The van der Waals surface area contributed by atoms with Crippen LogP contribution in [0.15, 0.2) is 42.5 Å². The van der Waals surface area contributed by atoms with Crippen molar-refractivity contribution >= 4 is 46.8 Å². The van der Waals surface area contributed by atoms with E-state index in [9.17, 15) is 14.0 Å². The van der Waals surface area contributed by atoms with Crippen LogP contribution in [0.2, 0.25) is 10.0 Å². The lowest BCUT2D eigenvalue weighted by atomic mass is 10.1. The Balaban J connectivity index is 2.11. The number of benzene rings is 2. The average molecular weight is 485 g/mol. The Morgan fingerprint density at radius 1 is 1.13 bits per heavy atom. The van der Waals surface area contributed by atoms with Crippen LogP contribution in [-0.4, -0.2) is 34.6 Å². The smallest absolute Gasteiger partial charge is 0.242 e. The number of carbonyl (C=O) groups is 2. The van der Waals surface area contributed by atoms with Crippen molar-refractivity contribution < 1.29 is 14.0 Å². The van der Waals surface area contributed by atoms with E-state index in [-0.39, 0.29) is 36.0 Å². The molecule has 168 valence electrons. The molecule has 2 rings (SSSR count). The molecule has 0 aromatic heterocycles. The van der Waals surface area contributed by atoms with Crippen LogP contribution in [-0.2, 0) is 21.9 Å². The summed E-state index contributed by atoms with van der Waals surface area (Å²) in [7, 11) is 0. The molecule has 0 saturated carbocycles. The van der Waals surface area contributed by atoms with E-state index >= 15 is 0 Å². The minimum Gasteiger partial charge on any atom is -0.352 e. The van der Waals surface area contributed by atoms with Crippen LogP contribution in [0.1, 0.15) is 38.3 Å². The molecule has 0 radical (unpaired) electrons. The van der Waals surface area contributed by atoms with Crippen molar-refractivity contribution in [3.05, 3.63) is 69.5 Å². The highest BCUT2D eigenvalue weighted by atomic mass is 35.5. The summed E-state index contributed by atoms with van der Waals surface area (Å²) < 4.78 is 13.1. The first-order chi connectivity index (χ1) is 14.7. The summed E-state index contributed by atoms with van der Waals surface area (Å²) in [4.78, 5) is 27.3. The quantitative estimate of drug-likeness (QED) is 0.470. The molecular weight excluding hydrogens is 458 g/mol. The number of nitrogens with one attached hydrogen (secondary N) is 1. The number of hydrogen-bond donors (Lipinski definition) is 1. The first kappa shape index (κ1) is 25.5. The summed E-state index contributed by atoms with van der Waals surface area (Å²) in [6.45, 7) is 5.81. The predicted octanol–water partition coefficient (Wildman–Crippen LogP) is 5.70. The van der Waals surface area contributed by atoms with Gasteiger partial charge in [0.25, 0.3) is 0 Å². The van der Waals surface area contributed by atoms with Crippen LogP contribution in [0.25, 0.3) is 0 Å². The van der Waals surface area contributed by atoms with Gasteiger partial charge in [0.05, 0.1) is 5.75 Å². The number of rotatable bonds is 10. The molecule has 0 saturated heterocycles. The van der Waals surface area contributed by atoms with Gasteiger partial charge >= 0.3 is 0 Å². The van der Waals surface area contributed by atoms with Crippen LogP contribution >= 0.6 is 35.0 Å². The van der Waals surface area contributed by atoms with Crippen molar-refractivity contribution in [1.82, 2.24) is 10.2 Å². The van der Waals surface area contributed by atoms with Gasteiger partial charge in [0.1, 0.15) is 11.9 Å². The zero-order valence-corrected chi connectivity index (χ0v) is 20.2. The highest BCUT2D eigenvalue weighted by Crippen LogP contribution is 2.24. The molecule has 0 heterocycles. The monoisotopic (exact) mass is 484 g/mol. The van der Waals surface area contributed by atoms with Gasteiger partial charge < -0.3 is 10.2 Å². The highest BCUT2D eigenvalue weighted by molar-refractivity contribution is 7.99. The molecule has 0 spiro atoms. The van der Waals surface area contributed by atoms with Gasteiger partial charge in [-0.1, -0.05) is 48.3 Å². The van der Waals surface area contributed by atoms with E-state index < -0.39 is 6.04 Å². The van der Waals surface area contributed by atoms with Gasteiger partial charge in [-0.15, -0.1) is 11.8 Å². The topological polar surface area (TPSA) is 49.4 Å². The SMILES string of the molecule is CC[C@H](C)NC(=O)[C@H](C)N(Cc1ccc(Cl)cc1Cl)C(=O)CSCc1ccc(F)cc1. The fourth-order valence-corrected chi connectivity index (χ4v) is 4.14. The molecule has 8 heteroatoms. The van der Waals surface area contributed by atoms with Gasteiger partial charge in [-0.2, -0.15) is 0 Å². The van der Waals surface area contributed by atoms with E-state index in [1.54, 1.807) is 37.3 Å². The Labute approximate surface area is 197 Å². The molecule has 2 aromatic carbocycles. The number of nitrogens with zero attached hydrogens (tertiary/aromatic N) is 1. The molecule has 2 atom stereocenters. The Hall–Kier alpha value is -1.76. The largest absolute Gasteiger partial charge is 0.352 e. The first-order valence-electron chi connectivity index (χ1n) is 10.1. The maximum Gasteiger partial charge on any atom is 0.242 e. The van der Waals surface area contributed by atoms with Crippen LogP contribution in [0.3, 0.4) is 0 Å². The molecule has 4 nitrogen and oxygen atoms in total. The Bertz CT molecular complexity index is 896. The predicted molar refractivity (Wildman–Crippen MR) is 127 cm³/mol. The summed E-state index contributed by atoms with van der Waals surface area (Å²) in [5.41, 5.74) is 1.64. The minimum atomic E-state index is -0.667. The fourth-order valence-electron chi connectivity index (χ4n) is 2.80. The number of amides is 2. The molecule has 2 aromatic rings. The van der Waals surface area contributed by atoms with Crippen LogP contribution in [0, 0.1) is 5.82 Å². The van der Waals surface area contributed by atoms with E-state index in [1.807, 2.05) is 13.8 Å². The third kappa shape index (κ3) is 8.02. The zero-order valence-electron chi connectivity index (χ0n) is 17.8. The summed E-state index contributed by atoms with van der Waals surface area (Å²) in [6.07, 6.45) is 0.795. The standard InChI is InChI=1S/C23H27Cl2FN2O2S/c1-4-15(2)27-23(30)16(3)28(12-18-7-8-19(24)11-21(18)25)22(29)14-31-13-17-5-9-20(26)10-6-17/h5-11,15-16H,4,12-14H2,1-3H3,(H,27,30)/t15-,16-/m0/s1. The van der Waals surface area contributed by atoms with Crippen molar-refractivity contribution in [2.75, 3.05) is 5.75 Å². The zero-order chi connectivity index (χ0) is 23.0. The molecule has 0 unspecified atom stereocenters.